The quantitative estimate of drug-likeness (QED) is 0.740. The molecule has 0 fully saturated rings. The van der Waals surface area contributed by atoms with Crippen LogP contribution in [0.4, 0.5) is 0 Å². The van der Waals surface area contributed by atoms with Crippen LogP contribution in [0.5, 0.6) is 5.75 Å². The minimum atomic E-state index is -0.210. The number of esters is 1. The second-order valence-electron chi connectivity index (χ2n) is 6.76. The van der Waals surface area contributed by atoms with Crippen molar-refractivity contribution in [2.75, 3.05) is 13.2 Å². The van der Waals surface area contributed by atoms with Crippen molar-refractivity contribution in [2.24, 2.45) is 5.92 Å². The van der Waals surface area contributed by atoms with E-state index < -0.39 is 0 Å². The molecule has 0 heterocycles. The third kappa shape index (κ3) is 5.78. The van der Waals surface area contributed by atoms with E-state index in [-0.39, 0.29) is 17.8 Å². The van der Waals surface area contributed by atoms with Gasteiger partial charge in [-0.05, 0) is 29.9 Å². The second kappa shape index (κ2) is 7.48. The van der Waals surface area contributed by atoms with Crippen molar-refractivity contribution in [1.82, 2.24) is 0 Å². The van der Waals surface area contributed by atoms with Crippen molar-refractivity contribution in [2.45, 2.75) is 53.4 Å². The van der Waals surface area contributed by atoms with Crippen LogP contribution < -0.4 is 4.74 Å². The van der Waals surface area contributed by atoms with Crippen LogP contribution in [0.2, 0.25) is 0 Å². The lowest BCUT2D eigenvalue weighted by Crippen LogP contribution is -2.15. The minimum absolute atomic E-state index is 0.0417. The Kier molecular flexibility index (Phi) is 6.25. The Bertz CT molecular complexity index is 470. The third-order valence-corrected chi connectivity index (χ3v) is 3.14. The van der Waals surface area contributed by atoms with E-state index in [1.165, 1.54) is 5.56 Å². The zero-order valence-corrected chi connectivity index (χ0v) is 14.2. The summed E-state index contributed by atoms with van der Waals surface area (Å²) in [6, 6.07) is 6.11. The van der Waals surface area contributed by atoms with E-state index in [2.05, 4.69) is 46.8 Å². The summed E-state index contributed by atoms with van der Waals surface area (Å²) in [5.41, 5.74) is 2.14. The number of ether oxygens (including phenoxy) is 2. The van der Waals surface area contributed by atoms with E-state index in [9.17, 15) is 4.79 Å². The van der Waals surface area contributed by atoms with Gasteiger partial charge < -0.3 is 9.47 Å². The van der Waals surface area contributed by atoms with Crippen LogP contribution in [-0.4, -0.2) is 19.2 Å². The van der Waals surface area contributed by atoms with Gasteiger partial charge in [-0.2, -0.15) is 0 Å². The van der Waals surface area contributed by atoms with Gasteiger partial charge in [0, 0.05) is 5.56 Å². The summed E-state index contributed by atoms with van der Waals surface area (Å²) < 4.78 is 10.9. The first-order valence-electron chi connectivity index (χ1n) is 7.65. The Hall–Kier alpha value is -1.51. The summed E-state index contributed by atoms with van der Waals surface area (Å²) in [7, 11) is 0. The average Bonchev–Trinajstić information content (AvgIpc) is 2.36. The van der Waals surface area contributed by atoms with E-state index in [0.717, 1.165) is 11.3 Å². The van der Waals surface area contributed by atoms with Gasteiger partial charge in [-0.25, -0.2) is 0 Å². The molecule has 0 unspecified atom stereocenters. The van der Waals surface area contributed by atoms with Crippen LogP contribution in [0, 0.1) is 5.92 Å². The largest absolute Gasteiger partial charge is 0.493 e. The molecule has 21 heavy (non-hydrogen) atoms. The van der Waals surface area contributed by atoms with Crippen LogP contribution in [0.15, 0.2) is 18.2 Å². The molecule has 0 aromatic heterocycles. The van der Waals surface area contributed by atoms with Gasteiger partial charge in [0.1, 0.15) is 5.75 Å². The first-order chi connectivity index (χ1) is 9.74. The molecule has 0 aliphatic carbocycles. The third-order valence-electron chi connectivity index (χ3n) is 3.14. The van der Waals surface area contributed by atoms with Gasteiger partial charge in [-0.15, -0.1) is 0 Å². The van der Waals surface area contributed by atoms with Crippen LogP contribution in [0.3, 0.4) is 0 Å². The van der Waals surface area contributed by atoms with Crippen molar-refractivity contribution in [3.05, 3.63) is 29.3 Å². The molecular weight excluding hydrogens is 264 g/mol. The fourth-order valence-electron chi connectivity index (χ4n) is 1.95. The first kappa shape index (κ1) is 17.5. The normalized spacial score (nSPS) is 11.6. The van der Waals surface area contributed by atoms with Gasteiger partial charge in [-0.1, -0.05) is 46.8 Å². The van der Waals surface area contributed by atoms with Crippen molar-refractivity contribution in [3.8, 4) is 5.75 Å². The number of carbonyl (C=O) groups is 1. The van der Waals surface area contributed by atoms with E-state index in [1.807, 2.05) is 13.0 Å². The predicted molar refractivity (Wildman–Crippen MR) is 85.8 cm³/mol. The van der Waals surface area contributed by atoms with Gasteiger partial charge in [0.15, 0.2) is 0 Å². The lowest BCUT2D eigenvalue weighted by Gasteiger charge is -2.21. The highest BCUT2D eigenvalue weighted by Gasteiger charge is 2.18. The zero-order valence-electron chi connectivity index (χ0n) is 14.2. The molecule has 0 aliphatic heterocycles. The molecular formula is C18H28O3. The highest BCUT2D eigenvalue weighted by molar-refractivity contribution is 5.73. The van der Waals surface area contributed by atoms with Gasteiger partial charge in [0.2, 0.25) is 0 Å². The lowest BCUT2D eigenvalue weighted by molar-refractivity contribution is -0.142. The zero-order chi connectivity index (χ0) is 16.0. The van der Waals surface area contributed by atoms with Gasteiger partial charge >= 0.3 is 5.97 Å². The molecule has 0 radical (unpaired) electrons. The number of hydrogen-bond acceptors (Lipinski definition) is 3. The van der Waals surface area contributed by atoms with E-state index in [1.54, 1.807) is 0 Å². The number of rotatable bonds is 6. The SMILES string of the molecule is CCOC(=O)Cc1cc(C(C)(C)C)ccc1OCC(C)C. The van der Waals surface area contributed by atoms with E-state index >= 15 is 0 Å². The number of benzene rings is 1. The fourth-order valence-corrected chi connectivity index (χ4v) is 1.95. The molecule has 0 amide bonds. The Morgan fingerprint density at radius 2 is 1.90 bits per heavy atom. The summed E-state index contributed by atoms with van der Waals surface area (Å²) in [5, 5.41) is 0. The Morgan fingerprint density at radius 1 is 1.24 bits per heavy atom. The van der Waals surface area contributed by atoms with E-state index in [4.69, 9.17) is 9.47 Å². The topological polar surface area (TPSA) is 35.5 Å². The second-order valence-corrected chi connectivity index (χ2v) is 6.76. The molecule has 0 bridgehead atoms. The maximum atomic E-state index is 11.8. The Labute approximate surface area is 128 Å². The summed E-state index contributed by atoms with van der Waals surface area (Å²) >= 11 is 0. The lowest BCUT2D eigenvalue weighted by atomic mass is 9.85. The molecule has 3 heteroatoms. The molecule has 1 rings (SSSR count). The Morgan fingerprint density at radius 3 is 2.43 bits per heavy atom. The van der Waals surface area contributed by atoms with Crippen molar-refractivity contribution in [3.63, 3.8) is 0 Å². The summed E-state index contributed by atoms with van der Waals surface area (Å²) in [5.74, 6) is 1.02. The molecule has 0 saturated heterocycles. The summed E-state index contributed by atoms with van der Waals surface area (Å²) in [6.45, 7) is 13.6. The summed E-state index contributed by atoms with van der Waals surface area (Å²) in [4.78, 5) is 11.8. The highest BCUT2D eigenvalue weighted by atomic mass is 16.5. The van der Waals surface area contributed by atoms with Gasteiger partial charge in [0.05, 0.1) is 19.6 Å². The standard InChI is InChI=1S/C18H28O3/c1-7-20-17(19)11-14-10-15(18(4,5)6)8-9-16(14)21-12-13(2)3/h8-10,13H,7,11-12H2,1-6H3. The maximum Gasteiger partial charge on any atom is 0.310 e. The smallest absolute Gasteiger partial charge is 0.310 e. The molecule has 0 atom stereocenters. The van der Waals surface area contributed by atoms with Gasteiger partial charge in [0.25, 0.3) is 0 Å². The molecule has 1 aromatic carbocycles. The van der Waals surface area contributed by atoms with Crippen LogP contribution in [0.25, 0.3) is 0 Å². The summed E-state index contributed by atoms with van der Waals surface area (Å²) in [6.07, 6.45) is 0.255. The number of hydrogen-bond donors (Lipinski definition) is 0. The Balaban J connectivity index is 3.03. The molecule has 1 aromatic rings. The maximum absolute atomic E-state index is 11.8. The van der Waals surface area contributed by atoms with E-state index in [0.29, 0.717) is 19.1 Å². The van der Waals surface area contributed by atoms with Gasteiger partial charge in [-0.3, -0.25) is 4.79 Å². The molecule has 3 nitrogen and oxygen atoms in total. The monoisotopic (exact) mass is 292 g/mol. The van der Waals surface area contributed by atoms with Crippen molar-refractivity contribution >= 4 is 5.97 Å². The van der Waals surface area contributed by atoms with Crippen LogP contribution in [-0.2, 0) is 21.4 Å². The number of carbonyl (C=O) groups excluding carboxylic acids is 1. The first-order valence-corrected chi connectivity index (χ1v) is 7.65. The molecule has 118 valence electrons. The predicted octanol–water partition coefficient (Wildman–Crippen LogP) is 4.12. The van der Waals surface area contributed by atoms with Crippen molar-refractivity contribution < 1.29 is 14.3 Å². The van der Waals surface area contributed by atoms with Crippen LogP contribution >= 0.6 is 0 Å². The minimum Gasteiger partial charge on any atom is -0.493 e. The highest BCUT2D eigenvalue weighted by Crippen LogP contribution is 2.29. The van der Waals surface area contributed by atoms with Crippen LogP contribution in [0.1, 0.15) is 52.7 Å². The van der Waals surface area contributed by atoms with Crippen molar-refractivity contribution in [1.29, 1.82) is 0 Å². The molecule has 0 aliphatic rings. The molecule has 0 N–H and O–H groups in total. The molecule has 0 saturated carbocycles. The molecule has 0 spiro atoms. The average molecular weight is 292 g/mol. The fraction of sp³-hybridized carbons (Fsp3) is 0.611.